The molecule has 1 aromatic rings. The molecule has 2 N–H and O–H groups in total. The van der Waals surface area contributed by atoms with E-state index in [0.29, 0.717) is 12.5 Å². The quantitative estimate of drug-likeness (QED) is 0.709. The summed E-state index contributed by atoms with van der Waals surface area (Å²) in [4.78, 5) is 19.1. The number of hydrogen-bond acceptors (Lipinski definition) is 7. The predicted molar refractivity (Wildman–Crippen MR) is 110 cm³/mol. The number of nitrogens with one attached hydrogen (secondary N) is 2. The Labute approximate surface area is 172 Å². The Balaban J connectivity index is 1.24. The molecule has 4 aliphatic rings. The molecule has 0 radical (unpaired) electrons. The van der Waals surface area contributed by atoms with Gasteiger partial charge in [-0.25, -0.2) is 5.01 Å². The van der Waals surface area contributed by atoms with Crippen LogP contribution in [0, 0.1) is 11.5 Å². The van der Waals surface area contributed by atoms with Gasteiger partial charge in [-0.3, -0.25) is 15.0 Å². The third-order valence-corrected chi connectivity index (χ3v) is 6.95. The lowest BCUT2D eigenvalue weighted by Gasteiger charge is -2.48. The Kier molecular flexibility index (Phi) is 4.82. The number of nitriles is 1. The van der Waals surface area contributed by atoms with Gasteiger partial charge in [0, 0.05) is 46.3 Å². The third kappa shape index (κ3) is 3.33. The summed E-state index contributed by atoms with van der Waals surface area (Å²) < 4.78 is 0. The molecule has 4 heterocycles. The van der Waals surface area contributed by atoms with Crippen LogP contribution in [-0.4, -0.2) is 84.1 Å². The highest BCUT2D eigenvalue weighted by Crippen LogP contribution is 2.35. The standard InChI is InChI=1S/C21H29N7O/c1-25-12-17-16(3-2-4-18(17)24-25)15-5-6-20(23-11-15)28-10-9-27-8-7-26(14-22)13-19(27)21(28)29/h2-4,15,19-20,23-24H,5-13H2,1H3/t15?,19-,20?/m1/s1. The maximum absolute atomic E-state index is 13.2. The number of hydrogen-bond donors (Lipinski definition) is 2. The molecule has 3 saturated heterocycles. The van der Waals surface area contributed by atoms with Gasteiger partial charge in [-0.05, 0) is 36.0 Å². The van der Waals surface area contributed by atoms with Gasteiger partial charge < -0.3 is 15.2 Å². The summed E-state index contributed by atoms with van der Waals surface area (Å²) in [6.45, 7) is 5.57. The fraction of sp³-hybridized carbons (Fsp3) is 0.619. The van der Waals surface area contributed by atoms with Gasteiger partial charge >= 0.3 is 0 Å². The van der Waals surface area contributed by atoms with Crippen LogP contribution in [0.25, 0.3) is 0 Å². The second kappa shape index (κ2) is 7.48. The molecule has 3 atom stereocenters. The van der Waals surface area contributed by atoms with Gasteiger partial charge in [0.2, 0.25) is 5.91 Å². The lowest BCUT2D eigenvalue weighted by atomic mass is 9.86. The number of carbonyl (C=O) groups excluding carboxylic acids is 1. The molecule has 0 spiro atoms. The SMILES string of the molecule is CN1Cc2c(cccc2C2CCC(N3CCN4CCN(C#N)C[C@@H]4C3=O)NC2)N1. The number of piperazine rings is 2. The number of fused-ring (bicyclic) bond motifs is 2. The van der Waals surface area contributed by atoms with E-state index in [1.54, 1.807) is 4.90 Å². The first-order valence-corrected chi connectivity index (χ1v) is 10.7. The number of nitrogens with zero attached hydrogens (tertiary/aromatic N) is 5. The van der Waals surface area contributed by atoms with Crippen molar-refractivity contribution in [3.8, 4) is 6.19 Å². The molecule has 4 aliphatic heterocycles. The fourth-order valence-corrected chi connectivity index (χ4v) is 5.38. The highest BCUT2D eigenvalue weighted by molar-refractivity contribution is 5.83. The molecular weight excluding hydrogens is 366 g/mol. The monoisotopic (exact) mass is 395 g/mol. The number of rotatable bonds is 2. The molecule has 8 heteroatoms. The summed E-state index contributed by atoms with van der Waals surface area (Å²) in [6, 6.07) is 6.37. The van der Waals surface area contributed by atoms with Crippen molar-refractivity contribution in [2.45, 2.75) is 37.5 Å². The average molecular weight is 396 g/mol. The van der Waals surface area contributed by atoms with E-state index in [2.05, 4.69) is 52.1 Å². The van der Waals surface area contributed by atoms with Gasteiger partial charge in [0.05, 0.1) is 18.4 Å². The Hall–Kier alpha value is -2.34. The summed E-state index contributed by atoms with van der Waals surface area (Å²) in [5.74, 6) is 0.660. The van der Waals surface area contributed by atoms with Gasteiger partial charge in [-0.2, -0.15) is 5.26 Å². The maximum Gasteiger partial charge on any atom is 0.243 e. The molecule has 5 rings (SSSR count). The third-order valence-electron chi connectivity index (χ3n) is 6.95. The van der Waals surface area contributed by atoms with Gasteiger partial charge in [-0.1, -0.05) is 12.1 Å². The first-order valence-electron chi connectivity index (χ1n) is 10.7. The van der Waals surface area contributed by atoms with Crippen molar-refractivity contribution in [2.75, 3.05) is 51.7 Å². The number of anilines is 1. The van der Waals surface area contributed by atoms with Crippen LogP contribution in [0.3, 0.4) is 0 Å². The second-order valence-corrected chi connectivity index (χ2v) is 8.67. The predicted octanol–water partition coefficient (Wildman–Crippen LogP) is 0.561. The van der Waals surface area contributed by atoms with E-state index in [1.165, 1.54) is 16.8 Å². The minimum atomic E-state index is -0.171. The van der Waals surface area contributed by atoms with E-state index in [1.807, 2.05) is 4.90 Å². The zero-order valence-corrected chi connectivity index (χ0v) is 17.0. The molecule has 1 aromatic carbocycles. The minimum absolute atomic E-state index is 0.107. The van der Waals surface area contributed by atoms with E-state index in [0.717, 1.165) is 52.1 Å². The van der Waals surface area contributed by atoms with Crippen LogP contribution in [0.1, 0.15) is 29.9 Å². The Morgan fingerprint density at radius 1 is 1.17 bits per heavy atom. The van der Waals surface area contributed by atoms with Crippen molar-refractivity contribution in [3.05, 3.63) is 29.3 Å². The van der Waals surface area contributed by atoms with Crippen molar-refractivity contribution >= 4 is 11.6 Å². The number of carbonyl (C=O) groups is 1. The molecule has 0 saturated carbocycles. The molecule has 0 bridgehead atoms. The normalized spacial score (nSPS) is 30.5. The molecule has 8 nitrogen and oxygen atoms in total. The lowest BCUT2D eigenvalue weighted by molar-refractivity contribution is -0.148. The first kappa shape index (κ1) is 18.7. The molecule has 29 heavy (non-hydrogen) atoms. The van der Waals surface area contributed by atoms with Gasteiger partial charge in [0.1, 0.15) is 6.04 Å². The Bertz CT molecular complexity index is 829. The zero-order valence-electron chi connectivity index (χ0n) is 17.0. The van der Waals surface area contributed by atoms with E-state index in [4.69, 9.17) is 0 Å². The first-order chi connectivity index (χ1) is 14.1. The van der Waals surface area contributed by atoms with Crippen LogP contribution < -0.4 is 10.7 Å². The van der Waals surface area contributed by atoms with Gasteiger partial charge in [0.15, 0.2) is 6.19 Å². The molecule has 154 valence electrons. The number of benzene rings is 1. The second-order valence-electron chi connectivity index (χ2n) is 8.67. The molecular formula is C21H29N7O. The summed E-state index contributed by atoms with van der Waals surface area (Å²) in [7, 11) is 2.07. The molecule has 2 unspecified atom stereocenters. The largest absolute Gasteiger partial charge is 0.324 e. The smallest absolute Gasteiger partial charge is 0.243 e. The number of hydrazine groups is 1. The van der Waals surface area contributed by atoms with Crippen LogP contribution in [-0.2, 0) is 11.3 Å². The number of piperidine rings is 1. The maximum atomic E-state index is 13.2. The molecule has 3 fully saturated rings. The Morgan fingerprint density at radius 3 is 2.83 bits per heavy atom. The van der Waals surface area contributed by atoms with Crippen LogP contribution >= 0.6 is 0 Å². The summed E-state index contributed by atoms with van der Waals surface area (Å²) in [5, 5.41) is 15.0. The van der Waals surface area contributed by atoms with Gasteiger partial charge in [0.25, 0.3) is 0 Å². The van der Waals surface area contributed by atoms with E-state index >= 15 is 0 Å². The van der Waals surface area contributed by atoms with Crippen LogP contribution in [0.4, 0.5) is 5.69 Å². The van der Waals surface area contributed by atoms with Crippen molar-refractivity contribution < 1.29 is 4.79 Å². The number of amides is 1. The van der Waals surface area contributed by atoms with Crippen molar-refractivity contribution in [1.82, 2.24) is 25.0 Å². The summed E-state index contributed by atoms with van der Waals surface area (Å²) >= 11 is 0. The fourth-order valence-electron chi connectivity index (χ4n) is 5.38. The topological polar surface area (TPSA) is 77.9 Å². The molecule has 1 amide bonds. The van der Waals surface area contributed by atoms with Crippen molar-refractivity contribution in [1.29, 1.82) is 5.26 Å². The summed E-state index contributed by atoms with van der Waals surface area (Å²) in [5.41, 5.74) is 7.46. The Morgan fingerprint density at radius 2 is 2.03 bits per heavy atom. The minimum Gasteiger partial charge on any atom is -0.324 e. The van der Waals surface area contributed by atoms with Crippen LogP contribution in [0.15, 0.2) is 18.2 Å². The zero-order chi connectivity index (χ0) is 20.0. The summed E-state index contributed by atoms with van der Waals surface area (Å²) in [6.07, 6.45) is 4.37. The van der Waals surface area contributed by atoms with E-state index in [-0.39, 0.29) is 18.1 Å². The van der Waals surface area contributed by atoms with E-state index < -0.39 is 0 Å². The highest BCUT2D eigenvalue weighted by Gasteiger charge is 2.41. The van der Waals surface area contributed by atoms with Crippen molar-refractivity contribution in [2.24, 2.45) is 0 Å². The van der Waals surface area contributed by atoms with Gasteiger partial charge in [-0.15, -0.1) is 0 Å². The molecule has 0 aromatic heterocycles. The van der Waals surface area contributed by atoms with Crippen LogP contribution in [0.2, 0.25) is 0 Å². The highest BCUT2D eigenvalue weighted by atomic mass is 16.2. The molecule has 0 aliphatic carbocycles. The van der Waals surface area contributed by atoms with E-state index in [9.17, 15) is 10.1 Å². The lowest BCUT2D eigenvalue weighted by Crippen LogP contribution is -2.67. The average Bonchev–Trinajstić information content (AvgIpc) is 3.14. The van der Waals surface area contributed by atoms with Crippen molar-refractivity contribution in [3.63, 3.8) is 0 Å². The van der Waals surface area contributed by atoms with Crippen LogP contribution in [0.5, 0.6) is 0 Å².